The summed E-state index contributed by atoms with van der Waals surface area (Å²) >= 11 is 0. The van der Waals surface area contributed by atoms with E-state index in [9.17, 15) is 9.59 Å². The van der Waals surface area contributed by atoms with Crippen molar-refractivity contribution >= 4 is 11.7 Å². The maximum absolute atomic E-state index is 11.8. The van der Waals surface area contributed by atoms with Gasteiger partial charge >= 0.3 is 0 Å². The molecule has 0 spiro atoms. The van der Waals surface area contributed by atoms with Crippen LogP contribution in [0.2, 0.25) is 0 Å². The molecule has 0 unspecified atom stereocenters. The molecule has 0 aliphatic heterocycles. The summed E-state index contributed by atoms with van der Waals surface area (Å²) in [5.41, 5.74) is 0. The van der Waals surface area contributed by atoms with Gasteiger partial charge in [0.05, 0.1) is 6.67 Å². The number of carbonyl (C=O) groups is 2. The van der Waals surface area contributed by atoms with E-state index < -0.39 is 0 Å². The maximum Gasteiger partial charge on any atom is 0.224 e. The van der Waals surface area contributed by atoms with Gasteiger partial charge in [-0.3, -0.25) is 9.59 Å². The topological polar surface area (TPSA) is 58.2 Å². The van der Waals surface area contributed by atoms with Crippen molar-refractivity contribution in [1.82, 2.24) is 10.6 Å². The van der Waals surface area contributed by atoms with Gasteiger partial charge in [-0.2, -0.15) is 0 Å². The quantitative estimate of drug-likeness (QED) is 0.712. The Morgan fingerprint density at radius 3 is 2.12 bits per heavy atom. The Morgan fingerprint density at radius 2 is 1.65 bits per heavy atom. The zero-order valence-electron chi connectivity index (χ0n) is 11.1. The van der Waals surface area contributed by atoms with Crippen LogP contribution in [0.15, 0.2) is 0 Å². The Morgan fingerprint density at radius 1 is 1.12 bits per heavy atom. The van der Waals surface area contributed by atoms with Gasteiger partial charge in [0.25, 0.3) is 0 Å². The molecule has 0 heterocycles. The second-order valence-corrected chi connectivity index (χ2v) is 5.18. The van der Waals surface area contributed by atoms with Crippen LogP contribution in [-0.2, 0) is 9.59 Å². The van der Waals surface area contributed by atoms with Gasteiger partial charge in [0.1, 0.15) is 5.78 Å². The van der Waals surface area contributed by atoms with Gasteiger partial charge in [-0.15, -0.1) is 0 Å². The van der Waals surface area contributed by atoms with Crippen LogP contribution in [-0.4, -0.2) is 25.4 Å². The highest BCUT2D eigenvalue weighted by Crippen LogP contribution is 2.30. The van der Waals surface area contributed by atoms with Crippen LogP contribution in [0.5, 0.6) is 0 Å². The minimum Gasteiger partial charge on any atom is -0.343 e. The first-order chi connectivity index (χ1) is 8.06. The molecule has 0 bridgehead atoms. The molecule has 2 N–H and O–H groups in total. The van der Waals surface area contributed by atoms with Crippen LogP contribution in [0.1, 0.15) is 39.5 Å². The third-order valence-corrected chi connectivity index (χ3v) is 3.51. The van der Waals surface area contributed by atoms with Crippen molar-refractivity contribution in [3.8, 4) is 0 Å². The predicted octanol–water partition coefficient (Wildman–Crippen LogP) is 1.31. The van der Waals surface area contributed by atoms with Crippen LogP contribution in [0, 0.1) is 17.8 Å². The molecule has 1 aliphatic carbocycles. The number of nitrogens with one attached hydrogen (secondary N) is 2. The molecule has 1 saturated carbocycles. The lowest BCUT2D eigenvalue weighted by Crippen LogP contribution is -2.38. The monoisotopic (exact) mass is 240 g/mol. The summed E-state index contributed by atoms with van der Waals surface area (Å²) in [6, 6.07) is 0. The van der Waals surface area contributed by atoms with E-state index in [2.05, 4.69) is 10.6 Å². The average molecular weight is 240 g/mol. The van der Waals surface area contributed by atoms with Crippen molar-refractivity contribution in [2.75, 3.05) is 13.7 Å². The Hall–Kier alpha value is -0.900. The number of hydrogen-bond donors (Lipinski definition) is 2. The summed E-state index contributed by atoms with van der Waals surface area (Å²) in [5.74, 6) is 0.881. The number of hydrogen-bond acceptors (Lipinski definition) is 3. The Kier molecular flexibility index (Phi) is 5.62. The molecule has 17 heavy (non-hydrogen) atoms. The molecule has 98 valence electrons. The van der Waals surface area contributed by atoms with Crippen LogP contribution in [0.4, 0.5) is 0 Å². The number of carbonyl (C=O) groups excluding carboxylic acids is 2. The average Bonchev–Trinajstić information content (AvgIpc) is 2.35. The minimum atomic E-state index is 0.0968. The zero-order chi connectivity index (χ0) is 12.8. The van der Waals surface area contributed by atoms with Crippen molar-refractivity contribution in [3.05, 3.63) is 0 Å². The summed E-state index contributed by atoms with van der Waals surface area (Å²) < 4.78 is 0. The third-order valence-electron chi connectivity index (χ3n) is 3.51. The second kappa shape index (κ2) is 6.74. The molecule has 1 aliphatic rings. The molecule has 4 nitrogen and oxygen atoms in total. The molecule has 0 aromatic rings. The second-order valence-electron chi connectivity index (χ2n) is 5.18. The standard InChI is InChI=1S/C13H24N2O2/c1-9(2)12(16)10-4-6-11(7-5-10)13(17)15-8-14-3/h9-11,14H,4-8H2,1-3H3,(H,15,17). The summed E-state index contributed by atoms with van der Waals surface area (Å²) in [6.07, 6.45) is 3.43. The highest BCUT2D eigenvalue weighted by Gasteiger charge is 2.30. The van der Waals surface area contributed by atoms with Crippen molar-refractivity contribution in [2.24, 2.45) is 17.8 Å². The van der Waals surface area contributed by atoms with Crippen molar-refractivity contribution in [2.45, 2.75) is 39.5 Å². The third kappa shape index (κ3) is 4.11. The number of Topliss-reactive ketones (excluding diaryl/α,β-unsaturated/α-hetero) is 1. The Labute approximate surface area is 104 Å². The van der Waals surface area contributed by atoms with Gasteiger partial charge < -0.3 is 10.6 Å². The van der Waals surface area contributed by atoms with Crippen molar-refractivity contribution in [3.63, 3.8) is 0 Å². The molecule has 0 aromatic heterocycles. The van der Waals surface area contributed by atoms with E-state index in [-0.39, 0.29) is 23.7 Å². The van der Waals surface area contributed by atoms with E-state index in [4.69, 9.17) is 0 Å². The van der Waals surface area contributed by atoms with Crippen molar-refractivity contribution < 1.29 is 9.59 Å². The molecule has 1 amide bonds. The zero-order valence-corrected chi connectivity index (χ0v) is 11.1. The van der Waals surface area contributed by atoms with E-state index in [1.54, 1.807) is 7.05 Å². The van der Waals surface area contributed by atoms with Crippen LogP contribution >= 0.6 is 0 Å². The van der Waals surface area contributed by atoms with Gasteiger partial charge in [-0.25, -0.2) is 0 Å². The Bertz CT molecular complexity index is 269. The maximum atomic E-state index is 11.8. The number of ketones is 1. The van der Waals surface area contributed by atoms with E-state index in [1.807, 2.05) is 13.8 Å². The highest BCUT2D eigenvalue weighted by molar-refractivity contribution is 5.83. The fourth-order valence-corrected chi connectivity index (χ4v) is 2.43. The number of rotatable bonds is 5. The first-order valence-electron chi connectivity index (χ1n) is 6.52. The van der Waals surface area contributed by atoms with Gasteiger partial charge in [-0.05, 0) is 32.7 Å². The fourth-order valence-electron chi connectivity index (χ4n) is 2.43. The van der Waals surface area contributed by atoms with Gasteiger partial charge in [-0.1, -0.05) is 13.8 Å². The van der Waals surface area contributed by atoms with Gasteiger partial charge in [0.2, 0.25) is 5.91 Å². The lowest BCUT2D eigenvalue weighted by atomic mass is 9.77. The molecule has 0 saturated heterocycles. The van der Waals surface area contributed by atoms with E-state index in [1.165, 1.54) is 0 Å². The lowest BCUT2D eigenvalue weighted by molar-refractivity contribution is -0.131. The molecule has 0 atom stereocenters. The predicted molar refractivity (Wildman–Crippen MR) is 67.4 cm³/mol. The first kappa shape index (κ1) is 14.2. The molecule has 1 fully saturated rings. The molecule has 0 aromatic carbocycles. The molecule has 0 radical (unpaired) electrons. The van der Waals surface area contributed by atoms with Gasteiger partial charge in [0, 0.05) is 17.8 Å². The lowest BCUT2D eigenvalue weighted by Gasteiger charge is -2.27. The summed E-state index contributed by atoms with van der Waals surface area (Å²) in [4.78, 5) is 23.6. The summed E-state index contributed by atoms with van der Waals surface area (Å²) in [7, 11) is 1.80. The summed E-state index contributed by atoms with van der Waals surface area (Å²) in [6.45, 7) is 4.42. The van der Waals surface area contributed by atoms with Gasteiger partial charge in [0.15, 0.2) is 0 Å². The SMILES string of the molecule is CNCNC(=O)C1CCC(C(=O)C(C)C)CC1. The molecule has 4 heteroatoms. The molecular formula is C13H24N2O2. The smallest absolute Gasteiger partial charge is 0.224 e. The van der Waals surface area contributed by atoms with Crippen LogP contribution in [0.25, 0.3) is 0 Å². The van der Waals surface area contributed by atoms with Crippen LogP contribution < -0.4 is 10.6 Å². The van der Waals surface area contributed by atoms with Crippen molar-refractivity contribution in [1.29, 1.82) is 0 Å². The van der Waals surface area contributed by atoms with E-state index in [0.29, 0.717) is 12.5 Å². The van der Waals surface area contributed by atoms with E-state index >= 15 is 0 Å². The largest absolute Gasteiger partial charge is 0.343 e. The van der Waals surface area contributed by atoms with Crippen LogP contribution in [0.3, 0.4) is 0 Å². The fraction of sp³-hybridized carbons (Fsp3) is 0.846. The molecular weight excluding hydrogens is 216 g/mol. The Balaban J connectivity index is 2.35. The number of amides is 1. The first-order valence-corrected chi connectivity index (χ1v) is 6.52. The minimum absolute atomic E-state index is 0.0968. The normalized spacial score (nSPS) is 24.7. The summed E-state index contributed by atoms with van der Waals surface area (Å²) in [5, 5.41) is 5.73. The highest BCUT2D eigenvalue weighted by atomic mass is 16.2. The molecule has 1 rings (SSSR count). The van der Waals surface area contributed by atoms with E-state index in [0.717, 1.165) is 25.7 Å².